The number of hydrogen-bond acceptors (Lipinski definition) is 5. The summed E-state index contributed by atoms with van der Waals surface area (Å²) in [6.07, 6.45) is 3.62. The summed E-state index contributed by atoms with van der Waals surface area (Å²) >= 11 is 0. The van der Waals surface area contributed by atoms with E-state index >= 15 is 0 Å². The van der Waals surface area contributed by atoms with Crippen LogP contribution in [0.15, 0.2) is 53.6 Å². The Kier molecular flexibility index (Phi) is 8.94. The maximum Gasteiger partial charge on any atom is 0.329 e. The lowest BCUT2D eigenvalue weighted by Crippen LogP contribution is -2.01. The molecule has 2 aromatic rings. The Hall–Kier alpha value is -1.91. The number of benzene rings is 2. The summed E-state index contributed by atoms with van der Waals surface area (Å²) < 4.78 is 24.0. The number of hydrogen-bond donors (Lipinski definition) is 2. The molecule has 9 heteroatoms. The van der Waals surface area contributed by atoms with Crippen LogP contribution in [-0.4, -0.2) is 34.4 Å². The predicted molar refractivity (Wildman–Crippen MR) is 113 cm³/mol. The van der Waals surface area contributed by atoms with Crippen molar-refractivity contribution < 1.29 is 23.6 Å². The molecule has 1 atom stereocenters. The van der Waals surface area contributed by atoms with Crippen molar-refractivity contribution in [1.82, 2.24) is 4.78 Å². The maximum absolute atomic E-state index is 11.0. The monoisotopic (exact) mass is 424 g/mol. The summed E-state index contributed by atoms with van der Waals surface area (Å²) in [7, 11) is -2.28. The molecule has 152 valence electrons. The zero-order valence-electron chi connectivity index (χ0n) is 16.0. The van der Waals surface area contributed by atoms with Crippen LogP contribution in [0.25, 0.3) is 0 Å². The molecule has 2 rings (SSSR count). The van der Waals surface area contributed by atoms with Crippen LogP contribution in [0.3, 0.4) is 0 Å². The Labute approximate surface area is 167 Å². The smallest absolute Gasteiger partial charge is 0.329 e. The Morgan fingerprint density at radius 2 is 1.75 bits per heavy atom. The molecule has 0 bridgehead atoms. The van der Waals surface area contributed by atoms with Crippen molar-refractivity contribution >= 4 is 22.8 Å². The van der Waals surface area contributed by atoms with E-state index in [2.05, 4.69) is 12.0 Å². The van der Waals surface area contributed by atoms with E-state index in [4.69, 9.17) is 19.0 Å². The Balaban J connectivity index is 1.78. The summed E-state index contributed by atoms with van der Waals surface area (Å²) in [4.78, 5) is 18.0. The number of ether oxygens (including phenoxy) is 1. The van der Waals surface area contributed by atoms with Crippen LogP contribution in [0.5, 0.6) is 11.5 Å². The summed E-state index contributed by atoms with van der Waals surface area (Å²) in [5.74, 6) is 1.47. The van der Waals surface area contributed by atoms with E-state index in [9.17, 15) is 4.57 Å². The number of nitrogens with zero attached hydrogens (tertiary/aromatic N) is 2. The molecular weight excluding hydrogens is 398 g/mol. The highest BCUT2D eigenvalue weighted by Gasteiger charge is 2.13. The van der Waals surface area contributed by atoms with E-state index in [0.29, 0.717) is 11.3 Å². The van der Waals surface area contributed by atoms with Crippen molar-refractivity contribution in [2.75, 3.05) is 13.7 Å². The van der Waals surface area contributed by atoms with Crippen molar-refractivity contribution in [3.8, 4) is 11.5 Å². The van der Waals surface area contributed by atoms with Crippen LogP contribution >= 0.6 is 16.6 Å². The summed E-state index contributed by atoms with van der Waals surface area (Å²) in [6, 6.07) is 14.4. The van der Waals surface area contributed by atoms with Gasteiger partial charge in [-0.15, -0.1) is 0 Å². The molecule has 0 saturated heterocycles. The van der Waals surface area contributed by atoms with Gasteiger partial charge in [-0.25, -0.2) is 4.78 Å². The van der Waals surface area contributed by atoms with Gasteiger partial charge in [0.25, 0.3) is 0 Å². The van der Waals surface area contributed by atoms with Crippen molar-refractivity contribution in [1.29, 1.82) is 0 Å². The molecule has 28 heavy (non-hydrogen) atoms. The normalized spacial score (nSPS) is 12.0. The van der Waals surface area contributed by atoms with Gasteiger partial charge in [0.1, 0.15) is 11.5 Å². The molecule has 0 spiro atoms. The molecule has 2 aromatic carbocycles. The van der Waals surface area contributed by atoms with Gasteiger partial charge in [0.15, 0.2) is 8.96 Å². The van der Waals surface area contributed by atoms with Gasteiger partial charge in [0.05, 0.1) is 19.0 Å². The summed E-state index contributed by atoms with van der Waals surface area (Å²) in [6.45, 7) is 2.86. The standard InChI is InChI=1S/C19H26N2O5P2/c1-3-4-13-25-18-9-5-16(6-10-18)14-20-21(2)27-26-19-11-7-17(8-12-19)15-28(22,23)24/h5-12,14,27H,3-4,13,15H2,1-2H3,(H2,22,23,24)/b20-14+. The van der Waals surface area contributed by atoms with E-state index in [1.54, 1.807) is 42.3 Å². The van der Waals surface area contributed by atoms with Gasteiger partial charge in [-0.1, -0.05) is 25.5 Å². The first-order valence-corrected chi connectivity index (χ1v) is 11.6. The van der Waals surface area contributed by atoms with Gasteiger partial charge in [-0.3, -0.25) is 4.57 Å². The first kappa shape index (κ1) is 22.4. The van der Waals surface area contributed by atoms with Gasteiger partial charge < -0.3 is 19.0 Å². The zero-order valence-corrected chi connectivity index (χ0v) is 17.9. The second kappa shape index (κ2) is 11.2. The minimum absolute atomic E-state index is 0.0237. The molecule has 2 N–H and O–H groups in total. The van der Waals surface area contributed by atoms with Gasteiger partial charge in [-0.2, -0.15) is 5.10 Å². The molecule has 0 saturated carbocycles. The molecule has 1 unspecified atom stereocenters. The van der Waals surface area contributed by atoms with E-state index in [-0.39, 0.29) is 15.1 Å². The SMILES string of the molecule is CCCCOc1ccc(/C=N/N(C)POc2ccc(CP(=O)(O)O)cc2)cc1. The van der Waals surface area contributed by atoms with Crippen molar-refractivity contribution in [2.24, 2.45) is 5.10 Å². The molecular formula is C19H26N2O5P2. The minimum Gasteiger partial charge on any atom is -0.494 e. The van der Waals surface area contributed by atoms with Gasteiger partial charge in [-0.05, 0) is 53.9 Å². The quantitative estimate of drug-likeness (QED) is 0.241. The molecule has 0 aliphatic heterocycles. The van der Waals surface area contributed by atoms with Crippen LogP contribution in [-0.2, 0) is 10.7 Å². The largest absolute Gasteiger partial charge is 0.494 e. The van der Waals surface area contributed by atoms with Crippen LogP contribution in [0.4, 0.5) is 0 Å². The predicted octanol–water partition coefficient (Wildman–Crippen LogP) is 4.40. The van der Waals surface area contributed by atoms with Crippen molar-refractivity contribution in [3.05, 3.63) is 59.7 Å². The van der Waals surface area contributed by atoms with Crippen LogP contribution in [0.2, 0.25) is 0 Å². The second-order valence-electron chi connectivity index (χ2n) is 6.20. The average molecular weight is 424 g/mol. The number of hydrazone groups is 1. The van der Waals surface area contributed by atoms with Crippen molar-refractivity contribution in [3.63, 3.8) is 0 Å². The molecule has 0 fully saturated rings. The first-order valence-electron chi connectivity index (χ1n) is 8.92. The first-order chi connectivity index (χ1) is 13.4. The molecule has 0 amide bonds. The Bertz CT molecular complexity index is 791. The summed E-state index contributed by atoms with van der Waals surface area (Å²) in [5.41, 5.74) is 1.53. The Morgan fingerprint density at radius 1 is 1.11 bits per heavy atom. The van der Waals surface area contributed by atoms with Gasteiger partial charge >= 0.3 is 7.60 Å². The van der Waals surface area contributed by atoms with E-state index < -0.39 is 7.60 Å². The zero-order chi connectivity index (χ0) is 20.4. The van der Waals surface area contributed by atoms with E-state index in [1.807, 2.05) is 24.3 Å². The van der Waals surface area contributed by atoms with Gasteiger partial charge in [0.2, 0.25) is 0 Å². The fraction of sp³-hybridized carbons (Fsp3) is 0.316. The Morgan fingerprint density at radius 3 is 2.36 bits per heavy atom. The highest BCUT2D eigenvalue weighted by molar-refractivity contribution is 7.50. The molecule has 0 aliphatic rings. The number of unbranched alkanes of at least 4 members (excludes halogenated alkanes) is 1. The topological polar surface area (TPSA) is 91.6 Å². The van der Waals surface area contributed by atoms with Crippen LogP contribution in [0, 0.1) is 0 Å². The van der Waals surface area contributed by atoms with Gasteiger partial charge in [0, 0.05) is 7.05 Å². The second-order valence-corrected chi connectivity index (χ2v) is 8.88. The average Bonchev–Trinajstić information content (AvgIpc) is 2.66. The summed E-state index contributed by atoms with van der Waals surface area (Å²) in [5, 5.41) is 4.33. The lowest BCUT2D eigenvalue weighted by molar-refractivity contribution is 0.309. The third-order valence-electron chi connectivity index (χ3n) is 3.63. The lowest BCUT2D eigenvalue weighted by atomic mass is 10.2. The fourth-order valence-electron chi connectivity index (χ4n) is 2.18. The molecule has 0 radical (unpaired) electrons. The van der Waals surface area contributed by atoms with E-state index in [1.165, 1.54) is 0 Å². The maximum atomic E-state index is 11.0. The van der Waals surface area contributed by atoms with Crippen LogP contribution < -0.4 is 9.26 Å². The molecule has 0 aliphatic carbocycles. The molecule has 0 heterocycles. The third-order valence-corrected chi connectivity index (χ3v) is 5.12. The third kappa shape index (κ3) is 8.85. The highest BCUT2D eigenvalue weighted by Crippen LogP contribution is 2.39. The minimum atomic E-state index is -4.06. The molecule has 7 nitrogen and oxygen atoms in total. The number of rotatable bonds is 11. The van der Waals surface area contributed by atoms with Crippen LogP contribution in [0.1, 0.15) is 30.9 Å². The van der Waals surface area contributed by atoms with Crippen molar-refractivity contribution in [2.45, 2.75) is 25.9 Å². The fourth-order valence-corrected chi connectivity index (χ4v) is 3.35. The van der Waals surface area contributed by atoms with E-state index in [0.717, 1.165) is 30.8 Å². The highest BCUT2D eigenvalue weighted by atomic mass is 31.2. The molecule has 0 aromatic heterocycles. The lowest BCUT2D eigenvalue weighted by Gasteiger charge is -2.13.